The summed E-state index contributed by atoms with van der Waals surface area (Å²) in [7, 11) is 0. The van der Waals surface area contributed by atoms with Gasteiger partial charge in [-0.05, 0) is 29.8 Å². The maximum absolute atomic E-state index is 12.0. The van der Waals surface area contributed by atoms with Crippen molar-refractivity contribution in [1.82, 2.24) is 10.6 Å². The molecule has 3 aromatic rings. The van der Waals surface area contributed by atoms with E-state index in [1.807, 2.05) is 48.5 Å². The zero-order chi connectivity index (χ0) is 15.9. The molecular formula is C18H18N2O3. The first-order chi connectivity index (χ1) is 11.3. The summed E-state index contributed by atoms with van der Waals surface area (Å²) in [5, 5.41) is 6.04. The Hall–Kier alpha value is -2.79. The van der Waals surface area contributed by atoms with Gasteiger partial charge in [0.15, 0.2) is 0 Å². The van der Waals surface area contributed by atoms with Crippen LogP contribution in [0.3, 0.4) is 0 Å². The average molecular weight is 310 g/mol. The minimum atomic E-state index is -0.166. The first-order valence-corrected chi connectivity index (χ1v) is 7.44. The third-order valence-electron chi connectivity index (χ3n) is 3.47. The van der Waals surface area contributed by atoms with Gasteiger partial charge in [0.25, 0.3) is 0 Å². The second-order valence-corrected chi connectivity index (χ2v) is 5.10. The molecule has 0 aliphatic rings. The molecule has 0 unspecified atom stereocenters. The van der Waals surface area contributed by atoms with E-state index >= 15 is 0 Å². The largest absolute Gasteiger partial charge is 0.467 e. The standard InChI is InChI=1S/C18H18N2O3/c21-17(19-12-15-8-4-10-22-15)13-20-18(16-9-5-11-23-16)14-6-2-1-3-7-14/h1-11,18,20H,12-13H2,(H,19,21)/t18-/m1/s1. The Balaban J connectivity index is 1.59. The molecule has 0 saturated carbocycles. The lowest BCUT2D eigenvalue weighted by Crippen LogP contribution is -2.35. The zero-order valence-corrected chi connectivity index (χ0v) is 12.6. The number of amides is 1. The number of carbonyl (C=O) groups is 1. The fourth-order valence-electron chi connectivity index (χ4n) is 2.34. The van der Waals surface area contributed by atoms with Crippen molar-refractivity contribution in [2.75, 3.05) is 6.54 Å². The highest BCUT2D eigenvalue weighted by molar-refractivity contribution is 5.78. The van der Waals surface area contributed by atoms with E-state index in [0.717, 1.165) is 17.1 Å². The Morgan fingerprint density at radius 1 is 0.957 bits per heavy atom. The van der Waals surface area contributed by atoms with Gasteiger partial charge in [0.05, 0.1) is 31.7 Å². The van der Waals surface area contributed by atoms with E-state index in [2.05, 4.69) is 10.6 Å². The fraction of sp³-hybridized carbons (Fsp3) is 0.167. The van der Waals surface area contributed by atoms with E-state index < -0.39 is 0 Å². The molecule has 1 atom stereocenters. The van der Waals surface area contributed by atoms with Gasteiger partial charge in [0.1, 0.15) is 11.5 Å². The lowest BCUT2D eigenvalue weighted by molar-refractivity contribution is -0.120. The van der Waals surface area contributed by atoms with Crippen molar-refractivity contribution in [1.29, 1.82) is 0 Å². The molecule has 1 aromatic carbocycles. The third-order valence-corrected chi connectivity index (χ3v) is 3.47. The summed E-state index contributed by atoms with van der Waals surface area (Å²) in [4.78, 5) is 12.0. The first kappa shape index (κ1) is 15.1. The molecule has 3 rings (SSSR count). The van der Waals surface area contributed by atoms with Crippen LogP contribution in [0.2, 0.25) is 0 Å². The highest BCUT2D eigenvalue weighted by Gasteiger charge is 2.17. The molecule has 2 N–H and O–H groups in total. The summed E-state index contributed by atoms with van der Waals surface area (Å²) in [5.74, 6) is 1.40. The van der Waals surface area contributed by atoms with E-state index in [0.29, 0.717) is 6.54 Å². The van der Waals surface area contributed by atoms with Gasteiger partial charge in [-0.2, -0.15) is 0 Å². The predicted octanol–water partition coefficient (Wildman–Crippen LogP) is 2.87. The van der Waals surface area contributed by atoms with Crippen molar-refractivity contribution in [2.45, 2.75) is 12.6 Å². The van der Waals surface area contributed by atoms with Gasteiger partial charge in [-0.25, -0.2) is 0 Å². The number of furan rings is 2. The van der Waals surface area contributed by atoms with E-state index in [4.69, 9.17) is 8.83 Å². The van der Waals surface area contributed by atoms with Crippen LogP contribution in [-0.4, -0.2) is 12.5 Å². The third kappa shape index (κ3) is 4.11. The van der Waals surface area contributed by atoms with E-state index in [1.54, 1.807) is 18.6 Å². The second kappa shape index (κ2) is 7.47. The summed E-state index contributed by atoms with van der Waals surface area (Å²) < 4.78 is 10.7. The Labute approximate surface area is 134 Å². The van der Waals surface area contributed by atoms with Crippen LogP contribution >= 0.6 is 0 Å². The van der Waals surface area contributed by atoms with Crippen LogP contribution in [0.4, 0.5) is 0 Å². The molecule has 0 spiro atoms. The summed E-state index contributed by atoms with van der Waals surface area (Å²) in [6.45, 7) is 0.561. The van der Waals surface area contributed by atoms with Crippen molar-refractivity contribution in [3.8, 4) is 0 Å². The number of rotatable bonds is 7. The highest BCUT2D eigenvalue weighted by atomic mass is 16.3. The van der Waals surface area contributed by atoms with Gasteiger partial charge in [-0.3, -0.25) is 10.1 Å². The lowest BCUT2D eigenvalue weighted by Gasteiger charge is -2.17. The molecule has 0 saturated heterocycles. The SMILES string of the molecule is O=C(CN[C@H](c1ccccc1)c1ccco1)NCc1ccco1. The van der Waals surface area contributed by atoms with E-state index in [1.165, 1.54) is 0 Å². The molecule has 5 nitrogen and oxygen atoms in total. The predicted molar refractivity (Wildman–Crippen MR) is 85.6 cm³/mol. The molecule has 2 heterocycles. The molecule has 0 radical (unpaired) electrons. The summed E-state index contributed by atoms with van der Waals surface area (Å²) in [6.07, 6.45) is 3.21. The lowest BCUT2D eigenvalue weighted by atomic mass is 10.0. The number of hydrogen-bond acceptors (Lipinski definition) is 4. The Kier molecular flexibility index (Phi) is 4.91. The number of carbonyl (C=O) groups excluding carboxylic acids is 1. The fourth-order valence-corrected chi connectivity index (χ4v) is 2.34. The second-order valence-electron chi connectivity index (χ2n) is 5.10. The molecule has 5 heteroatoms. The molecule has 0 aliphatic heterocycles. The van der Waals surface area contributed by atoms with Crippen LogP contribution in [0, 0.1) is 0 Å². The number of benzene rings is 1. The molecule has 0 fully saturated rings. The minimum absolute atomic E-state index is 0.103. The van der Waals surface area contributed by atoms with Crippen molar-refractivity contribution < 1.29 is 13.6 Å². The Bertz CT molecular complexity index is 706. The maximum atomic E-state index is 12.0. The van der Waals surface area contributed by atoms with Crippen LogP contribution in [0.1, 0.15) is 23.1 Å². The van der Waals surface area contributed by atoms with Crippen LogP contribution in [0.25, 0.3) is 0 Å². The van der Waals surface area contributed by atoms with Gasteiger partial charge in [0.2, 0.25) is 5.91 Å². The van der Waals surface area contributed by atoms with Gasteiger partial charge >= 0.3 is 0 Å². The van der Waals surface area contributed by atoms with Crippen LogP contribution in [0.5, 0.6) is 0 Å². The monoisotopic (exact) mass is 310 g/mol. The van der Waals surface area contributed by atoms with Gasteiger partial charge in [-0.1, -0.05) is 30.3 Å². The summed E-state index contributed by atoms with van der Waals surface area (Å²) in [6, 6.07) is 17.1. The summed E-state index contributed by atoms with van der Waals surface area (Å²) >= 11 is 0. The molecule has 0 aliphatic carbocycles. The van der Waals surface area contributed by atoms with Crippen LogP contribution < -0.4 is 10.6 Å². The van der Waals surface area contributed by atoms with Crippen molar-refractivity contribution >= 4 is 5.91 Å². The van der Waals surface area contributed by atoms with E-state index in [-0.39, 0.29) is 18.5 Å². The molecular weight excluding hydrogens is 292 g/mol. The normalized spacial score (nSPS) is 12.0. The van der Waals surface area contributed by atoms with Gasteiger partial charge in [0, 0.05) is 0 Å². The van der Waals surface area contributed by atoms with E-state index in [9.17, 15) is 4.79 Å². The molecule has 1 amide bonds. The Morgan fingerprint density at radius 2 is 1.74 bits per heavy atom. The Morgan fingerprint density at radius 3 is 2.43 bits per heavy atom. The number of hydrogen-bond donors (Lipinski definition) is 2. The topological polar surface area (TPSA) is 67.4 Å². The average Bonchev–Trinajstić information content (AvgIpc) is 3.28. The summed E-state index contributed by atoms with van der Waals surface area (Å²) in [5.41, 5.74) is 1.04. The zero-order valence-electron chi connectivity index (χ0n) is 12.6. The molecule has 2 aromatic heterocycles. The van der Waals surface area contributed by atoms with Crippen molar-refractivity contribution in [3.05, 3.63) is 84.2 Å². The highest BCUT2D eigenvalue weighted by Crippen LogP contribution is 2.21. The minimum Gasteiger partial charge on any atom is -0.467 e. The quantitative estimate of drug-likeness (QED) is 0.704. The first-order valence-electron chi connectivity index (χ1n) is 7.44. The smallest absolute Gasteiger partial charge is 0.234 e. The van der Waals surface area contributed by atoms with Gasteiger partial charge < -0.3 is 14.2 Å². The molecule has 118 valence electrons. The molecule has 0 bridgehead atoms. The van der Waals surface area contributed by atoms with Gasteiger partial charge in [-0.15, -0.1) is 0 Å². The van der Waals surface area contributed by atoms with Crippen LogP contribution in [0.15, 0.2) is 76.0 Å². The molecule has 23 heavy (non-hydrogen) atoms. The number of nitrogens with one attached hydrogen (secondary N) is 2. The van der Waals surface area contributed by atoms with Crippen molar-refractivity contribution in [2.24, 2.45) is 0 Å². The van der Waals surface area contributed by atoms with Crippen LogP contribution in [-0.2, 0) is 11.3 Å². The maximum Gasteiger partial charge on any atom is 0.234 e. The van der Waals surface area contributed by atoms with Crippen molar-refractivity contribution in [3.63, 3.8) is 0 Å².